The number of nitrogens with zero attached hydrogens (tertiary/aromatic N) is 4. The van der Waals surface area contributed by atoms with E-state index in [2.05, 4.69) is 56.6 Å². The monoisotopic (exact) mass is 238 g/mol. The number of amidine groups is 1. The Morgan fingerprint density at radius 2 is 1.71 bits per heavy atom. The zero-order valence-electron chi connectivity index (χ0n) is 12.1. The van der Waals surface area contributed by atoms with Crippen molar-refractivity contribution in [2.24, 2.45) is 10.4 Å². The molecule has 0 saturated carbocycles. The summed E-state index contributed by atoms with van der Waals surface area (Å²) >= 11 is 0. The van der Waals surface area contributed by atoms with E-state index in [1.165, 1.54) is 5.84 Å². The van der Waals surface area contributed by atoms with E-state index in [9.17, 15) is 0 Å². The molecule has 2 rings (SSSR count). The molecule has 0 radical (unpaired) electrons. The van der Waals surface area contributed by atoms with Crippen LogP contribution in [-0.2, 0) is 0 Å². The third-order valence-electron chi connectivity index (χ3n) is 3.75. The topological polar surface area (TPSA) is 22.1 Å². The van der Waals surface area contributed by atoms with Gasteiger partial charge in [0.25, 0.3) is 0 Å². The number of likely N-dealkylation sites (N-methyl/N-ethyl adjacent to an activating group) is 3. The van der Waals surface area contributed by atoms with E-state index in [1.807, 2.05) is 0 Å². The van der Waals surface area contributed by atoms with Gasteiger partial charge in [-0.2, -0.15) is 0 Å². The van der Waals surface area contributed by atoms with Crippen molar-refractivity contribution in [3.63, 3.8) is 0 Å². The summed E-state index contributed by atoms with van der Waals surface area (Å²) in [6.45, 7) is 9.06. The molecule has 0 aromatic heterocycles. The molecule has 0 aromatic rings. The summed E-state index contributed by atoms with van der Waals surface area (Å²) in [5, 5.41) is 0. The van der Waals surface area contributed by atoms with Gasteiger partial charge in [0.1, 0.15) is 18.2 Å². The average Bonchev–Trinajstić information content (AvgIpc) is 2.49. The molecule has 4 nitrogen and oxygen atoms in total. The smallest absolute Gasteiger partial charge is 0.138 e. The van der Waals surface area contributed by atoms with Crippen molar-refractivity contribution in [3.8, 4) is 0 Å². The molecule has 0 bridgehead atoms. The summed E-state index contributed by atoms with van der Waals surface area (Å²) in [6, 6.07) is 0. The lowest BCUT2D eigenvalue weighted by Crippen LogP contribution is -2.59. The standard InChI is InChI=1S/C13H26N4/c1-13(2,3)9-10-14-11-12(17(10)6)16(5)8-7-15(11)4/h11-12H,7-9H2,1-6H3/t11-,12-/m0/s1. The maximum atomic E-state index is 4.93. The van der Waals surface area contributed by atoms with Crippen LogP contribution in [-0.4, -0.2) is 67.1 Å². The van der Waals surface area contributed by atoms with E-state index in [0.29, 0.717) is 17.7 Å². The Labute approximate surface area is 105 Å². The Kier molecular flexibility index (Phi) is 3.21. The summed E-state index contributed by atoms with van der Waals surface area (Å²) in [6.07, 6.45) is 1.79. The summed E-state index contributed by atoms with van der Waals surface area (Å²) < 4.78 is 0. The van der Waals surface area contributed by atoms with Crippen molar-refractivity contribution in [2.75, 3.05) is 34.2 Å². The highest BCUT2D eigenvalue weighted by Gasteiger charge is 2.42. The van der Waals surface area contributed by atoms with E-state index in [0.717, 1.165) is 19.5 Å². The van der Waals surface area contributed by atoms with Crippen LogP contribution < -0.4 is 0 Å². The van der Waals surface area contributed by atoms with E-state index < -0.39 is 0 Å². The maximum absolute atomic E-state index is 4.93. The van der Waals surface area contributed by atoms with Crippen molar-refractivity contribution in [1.29, 1.82) is 0 Å². The van der Waals surface area contributed by atoms with Crippen LogP contribution in [0, 0.1) is 5.41 Å². The predicted molar refractivity (Wildman–Crippen MR) is 72.1 cm³/mol. The molecule has 2 aliphatic rings. The predicted octanol–water partition coefficient (Wildman–Crippen LogP) is 1.30. The second-order valence-corrected chi connectivity index (χ2v) is 6.68. The summed E-state index contributed by atoms with van der Waals surface area (Å²) in [5.74, 6) is 1.26. The molecule has 0 spiro atoms. The quantitative estimate of drug-likeness (QED) is 0.687. The van der Waals surface area contributed by atoms with Crippen LogP contribution in [0.2, 0.25) is 0 Å². The first-order chi connectivity index (χ1) is 7.79. The highest BCUT2D eigenvalue weighted by atomic mass is 15.5. The second kappa shape index (κ2) is 4.25. The molecular weight excluding hydrogens is 212 g/mol. The molecule has 0 aromatic carbocycles. The van der Waals surface area contributed by atoms with Gasteiger partial charge in [-0.3, -0.25) is 9.80 Å². The lowest BCUT2D eigenvalue weighted by Gasteiger charge is -2.42. The van der Waals surface area contributed by atoms with Crippen molar-refractivity contribution in [1.82, 2.24) is 14.7 Å². The van der Waals surface area contributed by atoms with Crippen molar-refractivity contribution in [2.45, 2.75) is 39.5 Å². The Balaban J connectivity index is 2.18. The first-order valence-electron chi connectivity index (χ1n) is 6.49. The van der Waals surface area contributed by atoms with Gasteiger partial charge >= 0.3 is 0 Å². The molecule has 2 heterocycles. The molecule has 1 saturated heterocycles. The number of fused-ring (bicyclic) bond motifs is 1. The number of aliphatic imine (C=N–C) groups is 1. The molecule has 0 aliphatic carbocycles. The van der Waals surface area contributed by atoms with Gasteiger partial charge in [0.15, 0.2) is 0 Å². The Morgan fingerprint density at radius 3 is 2.24 bits per heavy atom. The van der Waals surface area contributed by atoms with Crippen molar-refractivity contribution < 1.29 is 0 Å². The minimum atomic E-state index is 0.303. The first kappa shape index (κ1) is 12.8. The van der Waals surface area contributed by atoms with Crippen LogP contribution in [0.25, 0.3) is 0 Å². The molecule has 2 atom stereocenters. The average molecular weight is 238 g/mol. The van der Waals surface area contributed by atoms with E-state index in [4.69, 9.17) is 4.99 Å². The fourth-order valence-electron chi connectivity index (χ4n) is 2.74. The maximum Gasteiger partial charge on any atom is 0.138 e. The molecule has 0 N–H and O–H groups in total. The van der Waals surface area contributed by atoms with Crippen LogP contribution in [0.3, 0.4) is 0 Å². The molecule has 2 aliphatic heterocycles. The number of hydrogen-bond donors (Lipinski definition) is 0. The third-order valence-corrected chi connectivity index (χ3v) is 3.75. The number of piperazine rings is 1. The van der Waals surface area contributed by atoms with E-state index in [1.54, 1.807) is 0 Å². The number of rotatable bonds is 1. The lowest BCUT2D eigenvalue weighted by atomic mass is 9.91. The van der Waals surface area contributed by atoms with Gasteiger partial charge in [-0.05, 0) is 19.5 Å². The largest absolute Gasteiger partial charge is 0.344 e. The number of hydrogen-bond acceptors (Lipinski definition) is 4. The summed E-state index contributed by atoms with van der Waals surface area (Å²) in [4.78, 5) is 12.1. The first-order valence-corrected chi connectivity index (χ1v) is 6.49. The van der Waals surface area contributed by atoms with Crippen molar-refractivity contribution in [3.05, 3.63) is 0 Å². The molecule has 17 heavy (non-hydrogen) atoms. The third kappa shape index (κ3) is 2.47. The Morgan fingerprint density at radius 1 is 1.12 bits per heavy atom. The minimum Gasteiger partial charge on any atom is -0.344 e. The molecule has 98 valence electrons. The highest BCUT2D eigenvalue weighted by Crippen LogP contribution is 2.29. The van der Waals surface area contributed by atoms with Crippen LogP contribution in [0.5, 0.6) is 0 Å². The lowest BCUT2D eigenvalue weighted by molar-refractivity contribution is 0.0149. The molecule has 0 amide bonds. The van der Waals surface area contributed by atoms with Gasteiger partial charge in [0.05, 0.1) is 0 Å². The van der Waals surface area contributed by atoms with Crippen molar-refractivity contribution >= 4 is 5.84 Å². The Hall–Kier alpha value is -0.610. The summed E-state index contributed by atoms with van der Waals surface area (Å²) in [5.41, 5.74) is 0.303. The minimum absolute atomic E-state index is 0.303. The fraction of sp³-hybridized carbons (Fsp3) is 0.923. The molecular formula is C13H26N4. The zero-order chi connectivity index (χ0) is 12.8. The Bertz CT molecular complexity index is 318. The van der Waals surface area contributed by atoms with Gasteiger partial charge in [0.2, 0.25) is 0 Å². The summed E-state index contributed by atoms with van der Waals surface area (Å²) in [7, 11) is 6.57. The van der Waals surface area contributed by atoms with Gasteiger partial charge in [-0.1, -0.05) is 20.8 Å². The molecule has 1 fully saturated rings. The molecule has 4 heteroatoms. The zero-order valence-corrected chi connectivity index (χ0v) is 12.1. The molecule has 0 unspecified atom stereocenters. The van der Waals surface area contributed by atoms with Gasteiger partial charge < -0.3 is 4.90 Å². The SMILES string of the molecule is CN1CCN(C)[C@@H]2[C@H]1N=C(CC(C)(C)C)N2C. The second-order valence-electron chi connectivity index (χ2n) is 6.68. The van der Waals surface area contributed by atoms with E-state index in [-0.39, 0.29) is 0 Å². The van der Waals surface area contributed by atoms with Crippen LogP contribution in [0.4, 0.5) is 0 Å². The van der Waals surface area contributed by atoms with Crippen LogP contribution in [0.1, 0.15) is 27.2 Å². The van der Waals surface area contributed by atoms with Gasteiger partial charge in [0, 0.05) is 26.6 Å². The normalized spacial score (nSPS) is 31.6. The fourth-order valence-corrected chi connectivity index (χ4v) is 2.74. The van der Waals surface area contributed by atoms with E-state index >= 15 is 0 Å². The van der Waals surface area contributed by atoms with Gasteiger partial charge in [-0.25, -0.2) is 4.99 Å². The van der Waals surface area contributed by atoms with Crippen LogP contribution in [0.15, 0.2) is 4.99 Å². The van der Waals surface area contributed by atoms with Crippen LogP contribution >= 0.6 is 0 Å². The highest BCUT2D eigenvalue weighted by molar-refractivity contribution is 5.84. The van der Waals surface area contributed by atoms with Gasteiger partial charge in [-0.15, -0.1) is 0 Å².